The number of anilines is 1. The average molecular weight is 235 g/mol. The Bertz CT molecular complexity index is 417. The lowest BCUT2D eigenvalue weighted by atomic mass is 9.87. The molecular formula is C14H21NO2. The van der Waals surface area contributed by atoms with Gasteiger partial charge in [0.1, 0.15) is 5.75 Å². The van der Waals surface area contributed by atoms with E-state index >= 15 is 0 Å². The van der Waals surface area contributed by atoms with Gasteiger partial charge in [-0.3, -0.25) is 4.79 Å². The van der Waals surface area contributed by atoms with Crippen LogP contribution in [0.3, 0.4) is 0 Å². The number of hydrogen-bond acceptors (Lipinski definition) is 2. The summed E-state index contributed by atoms with van der Waals surface area (Å²) >= 11 is 0. The van der Waals surface area contributed by atoms with Crippen LogP contribution in [-0.4, -0.2) is 11.0 Å². The summed E-state index contributed by atoms with van der Waals surface area (Å²) in [6.07, 6.45) is 0. The van der Waals surface area contributed by atoms with E-state index in [0.29, 0.717) is 5.69 Å². The normalized spacial score (nSPS) is 11.6. The molecule has 94 valence electrons. The fourth-order valence-corrected chi connectivity index (χ4v) is 1.38. The van der Waals surface area contributed by atoms with Crippen LogP contribution in [0.2, 0.25) is 0 Å². The lowest BCUT2D eigenvalue weighted by molar-refractivity contribution is -0.118. The second-order valence-corrected chi connectivity index (χ2v) is 5.63. The maximum absolute atomic E-state index is 11.6. The molecule has 1 aromatic carbocycles. The monoisotopic (exact) mass is 235 g/mol. The molecule has 0 spiro atoms. The van der Waals surface area contributed by atoms with Crippen LogP contribution in [0.4, 0.5) is 5.69 Å². The van der Waals surface area contributed by atoms with Crippen molar-refractivity contribution in [3.05, 3.63) is 23.8 Å². The van der Waals surface area contributed by atoms with Crippen molar-refractivity contribution >= 4 is 11.6 Å². The van der Waals surface area contributed by atoms with Crippen molar-refractivity contribution in [1.29, 1.82) is 0 Å². The quantitative estimate of drug-likeness (QED) is 0.773. The minimum Gasteiger partial charge on any atom is -0.506 e. The van der Waals surface area contributed by atoms with E-state index in [2.05, 4.69) is 26.1 Å². The molecular weight excluding hydrogens is 214 g/mol. The van der Waals surface area contributed by atoms with Crippen LogP contribution >= 0.6 is 0 Å². The Labute approximate surface area is 103 Å². The molecule has 0 unspecified atom stereocenters. The second kappa shape index (κ2) is 4.78. The van der Waals surface area contributed by atoms with Crippen molar-refractivity contribution in [2.45, 2.75) is 40.0 Å². The van der Waals surface area contributed by atoms with Crippen LogP contribution in [0.15, 0.2) is 18.2 Å². The summed E-state index contributed by atoms with van der Waals surface area (Å²) in [5.41, 5.74) is 1.55. The predicted octanol–water partition coefficient (Wildman–Crippen LogP) is 3.28. The number of nitrogens with one attached hydrogen (secondary N) is 1. The molecule has 2 N–H and O–H groups in total. The molecule has 1 amide bonds. The van der Waals surface area contributed by atoms with Gasteiger partial charge in [-0.05, 0) is 23.1 Å². The fourth-order valence-electron chi connectivity index (χ4n) is 1.38. The van der Waals surface area contributed by atoms with Gasteiger partial charge >= 0.3 is 0 Å². The van der Waals surface area contributed by atoms with Gasteiger partial charge in [-0.25, -0.2) is 0 Å². The number of benzene rings is 1. The van der Waals surface area contributed by atoms with E-state index in [1.165, 1.54) is 0 Å². The molecule has 0 fully saturated rings. The first-order valence-corrected chi connectivity index (χ1v) is 5.86. The summed E-state index contributed by atoms with van der Waals surface area (Å²) in [6, 6.07) is 5.33. The summed E-state index contributed by atoms with van der Waals surface area (Å²) in [5, 5.41) is 12.4. The number of rotatable bonds is 2. The highest BCUT2D eigenvalue weighted by molar-refractivity contribution is 5.93. The Kier molecular flexibility index (Phi) is 3.81. The lowest BCUT2D eigenvalue weighted by Gasteiger charge is -2.20. The molecule has 0 radical (unpaired) electrons. The summed E-state index contributed by atoms with van der Waals surface area (Å²) in [4.78, 5) is 11.6. The van der Waals surface area contributed by atoms with E-state index in [4.69, 9.17) is 0 Å². The minimum absolute atomic E-state index is 0.00892. The van der Waals surface area contributed by atoms with Gasteiger partial charge in [-0.2, -0.15) is 0 Å². The standard InChI is InChI=1S/C14H21NO2/c1-9(2)13(17)15-11-8-10(14(3,4)5)6-7-12(11)16/h6-9,16H,1-5H3,(H,15,17). The molecule has 0 aromatic heterocycles. The predicted molar refractivity (Wildman–Crippen MR) is 70.3 cm³/mol. The fraction of sp³-hybridized carbons (Fsp3) is 0.500. The Morgan fingerprint density at radius 1 is 1.29 bits per heavy atom. The maximum Gasteiger partial charge on any atom is 0.227 e. The molecule has 0 saturated carbocycles. The SMILES string of the molecule is CC(C)C(=O)Nc1cc(C(C)(C)C)ccc1O. The molecule has 0 saturated heterocycles. The van der Waals surface area contributed by atoms with Gasteiger partial charge in [-0.15, -0.1) is 0 Å². The molecule has 0 aliphatic carbocycles. The smallest absolute Gasteiger partial charge is 0.227 e. The van der Waals surface area contributed by atoms with Gasteiger partial charge in [-0.1, -0.05) is 40.7 Å². The Balaban J connectivity index is 3.03. The van der Waals surface area contributed by atoms with E-state index in [-0.39, 0.29) is 23.0 Å². The van der Waals surface area contributed by atoms with Crippen molar-refractivity contribution in [3.8, 4) is 5.75 Å². The third-order valence-electron chi connectivity index (χ3n) is 2.64. The molecule has 0 bridgehead atoms. The molecule has 17 heavy (non-hydrogen) atoms. The Morgan fingerprint density at radius 3 is 2.35 bits per heavy atom. The van der Waals surface area contributed by atoms with Gasteiger partial charge in [0.25, 0.3) is 0 Å². The molecule has 0 aliphatic rings. The van der Waals surface area contributed by atoms with Crippen LogP contribution in [0, 0.1) is 5.92 Å². The Morgan fingerprint density at radius 2 is 1.88 bits per heavy atom. The van der Waals surface area contributed by atoms with Crippen LogP contribution in [0.5, 0.6) is 5.75 Å². The number of phenols is 1. The number of aromatic hydroxyl groups is 1. The van der Waals surface area contributed by atoms with Crippen molar-refractivity contribution in [1.82, 2.24) is 0 Å². The highest BCUT2D eigenvalue weighted by Gasteiger charge is 2.17. The van der Waals surface area contributed by atoms with Crippen LogP contribution < -0.4 is 5.32 Å². The number of carbonyl (C=O) groups is 1. The van der Waals surface area contributed by atoms with Gasteiger partial charge in [0.05, 0.1) is 5.69 Å². The molecule has 0 atom stereocenters. The molecule has 0 aliphatic heterocycles. The molecule has 0 heterocycles. The summed E-state index contributed by atoms with van der Waals surface area (Å²) in [5.74, 6) is -0.0916. The van der Waals surface area contributed by atoms with E-state index in [1.807, 2.05) is 26.0 Å². The summed E-state index contributed by atoms with van der Waals surface area (Å²) < 4.78 is 0. The number of hydrogen-bond donors (Lipinski definition) is 2. The third kappa shape index (κ3) is 3.48. The lowest BCUT2D eigenvalue weighted by Crippen LogP contribution is -2.18. The highest BCUT2D eigenvalue weighted by Crippen LogP contribution is 2.30. The molecule has 1 rings (SSSR count). The van der Waals surface area contributed by atoms with Crippen molar-refractivity contribution in [2.75, 3.05) is 5.32 Å². The van der Waals surface area contributed by atoms with E-state index in [0.717, 1.165) is 5.56 Å². The first-order valence-electron chi connectivity index (χ1n) is 5.86. The van der Waals surface area contributed by atoms with Gasteiger partial charge in [0.15, 0.2) is 0 Å². The number of phenolic OH excluding ortho intramolecular Hbond substituents is 1. The zero-order valence-electron chi connectivity index (χ0n) is 11.2. The zero-order valence-corrected chi connectivity index (χ0v) is 11.2. The van der Waals surface area contributed by atoms with Crippen molar-refractivity contribution in [2.24, 2.45) is 5.92 Å². The number of amides is 1. The van der Waals surface area contributed by atoms with Gasteiger partial charge in [0.2, 0.25) is 5.91 Å². The maximum atomic E-state index is 11.6. The first-order chi connectivity index (χ1) is 7.71. The minimum atomic E-state index is -0.104. The molecule has 3 nitrogen and oxygen atoms in total. The topological polar surface area (TPSA) is 49.3 Å². The van der Waals surface area contributed by atoms with Crippen LogP contribution in [0.1, 0.15) is 40.2 Å². The summed E-state index contributed by atoms with van der Waals surface area (Å²) in [6.45, 7) is 9.91. The van der Waals surface area contributed by atoms with E-state index in [9.17, 15) is 9.90 Å². The van der Waals surface area contributed by atoms with E-state index in [1.54, 1.807) is 6.07 Å². The number of carbonyl (C=O) groups excluding carboxylic acids is 1. The average Bonchev–Trinajstić information content (AvgIpc) is 2.19. The summed E-state index contributed by atoms with van der Waals surface area (Å²) in [7, 11) is 0. The molecule has 3 heteroatoms. The van der Waals surface area contributed by atoms with Gasteiger partial charge in [0, 0.05) is 5.92 Å². The van der Waals surface area contributed by atoms with Crippen molar-refractivity contribution in [3.63, 3.8) is 0 Å². The Hall–Kier alpha value is -1.51. The highest BCUT2D eigenvalue weighted by atomic mass is 16.3. The van der Waals surface area contributed by atoms with Crippen LogP contribution in [0.25, 0.3) is 0 Å². The van der Waals surface area contributed by atoms with Gasteiger partial charge < -0.3 is 10.4 Å². The largest absolute Gasteiger partial charge is 0.506 e. The first kappa shape index (κ1) is 13.6. The molecule has 1 aromatic rings. The second-order valence-electron chi connectivity index (χ2n) is 5.63. The van der Waals surface area contributed by atoms with Crippen LogP contribution in [-0.2, 0) is 10.2 Å². The third-order valence-corrected chi connectivity index (χ3v) is 2.64. The zero-order chi connectivity index (χ0) is 13.2. The van der Waals surface area contributed by atoms with E-state index < -0.39 is 0 Å². The van der Waals surface area contributed by atoms with Crippen molar-refractivity contribution < 1.29 is 9.90 Å².